The van der Waals surface area contributed by atoms with Crippen LogP contribution in [0.25, 0.3) is 10.9 Å². The fraction of sp³-hybridized carbons (Fsp3) is 0.500. The number of nitrogens with one attached hydrogen (secondary N) is 1. The van der Waals surface area contributed by atoms with E-state index >= 15 is 0 Å². The first-order chi connectivity index (χ1) is 14.8. The molecule has 1 N–H and O–H groups in total. The van der Waals surface area contributed by atoms with Crippen molar-refractivity contribution >= 4 is 22.3 Å². The zero-order valence-electron chi connectivity index (χ0n) is 21.9. The van der Waals surface area contributed by atoms with Crippen molar-refractivity contribution in [2.45, 2.75) is 92.9 Å². The summed E-state index contributed by atoms with van der Waals surface area (Å²) in [5, 5.41) is 1.32. The van der Waals surface area contributed by atoms with Crippen LogP contribution in [0, 0.1) is 5.41 Å². The Morgan fingerprint density at radius 3 is 2.03 bits per heavy atom. The Balaban J connectivity index is 0.000000182. The van der Waals surface area contributed by atoms with Crippen LogP contribution in [0.4, 0.5) is 5.69 Å². The first-order valence-electron chi connectivity index (χ1n) is 12.1. The zero-order valence-corrected chi connectivity index (χ0v) is 21.9. The van der Waals surface area contributed by atoms with Crippen molar-refractivity contribution in [1.82, 2.24) is 4.98 Å². The van der Waals surface area contributed by atoms with E-state index in [-0.39, 0.29) is 10.8 Å². The molecule has 0 unspecified atom stereocenters. The van der Waals surface area contributed by atoms with Gasteiger partial charge in [0.1, 0.15) is 0 Å². The normalized spacial score (nSPS) is 13.9. The van der Waals surface area contributed by atoms with Crippen LogP contribution in [0.3, 0.4) is 0 Å². The Labute approximate surface area is 195 Å². The van der Waals surface area contributed by atoms with Crippen molar-refractivity contribution < 1.29 is 0 Å². The molecule has 0 saturated carbocycles. The van der Waals surface area contributed by atoms with E-state index in [1.54, 1.807) is 0 Å². The van der Waals surface area contributed by atoms with Crippen LogP contribution in [-0.2, 0) is 11.8 Å². The van der Waals surface area contributed by atoms with Crippen molar-refractivity contribution in [2.24, 2.45) is 10.4 Å². The standard InChI is InChI=1S/C16H23N.C14H19N/c1-15(2,3)12-8-7-11-9-14(16(4,5)6)17-13(11)10-12;1-9(2)11-5-6-12-8-13(10(3)4)15-14(12)7-11/h7-8,10H,9H2,1-6H3;5-10,15H,1-4H3. The monoisotopic (exact) mass is 430 g/mol. The van der Waals surface area contributed by atoms with Gasteiger partial charge in [0.05, 0.1) is 5.69 Å². The summed E-state index contributed by atoms with van der Waals surface area (Å²) in [4.78, 5) is 8.30. The fourth-order valence-electron chi connectivity index (χ4n) is 3.92. The summed E-state index contributed by atoms with van der Waals surface area (Å²) in [6.45, 7) is 22.4. The van der Waals surface area contributed by atoms with E-state index in [0.29, 0.717) is 11.8 Å². The Kier molecular flexibility index (Phi) is 6.75. The number of hydrogen-bond donors (Lipinski definition) is 1. The summed E-state index contributed by atoms with van der Waals surface area (Å²) in [6.07, 6.45) is 1.02. The molecule has 172 valence electrons. The van der Waals surface area contributed by atoms with Crippen LogP contribution in [0.1, 0.15) is 103 Å². The SMILES string of the molecule is CC(C)(C)C1=Nc2cc(C(C)(C)C)ccc2C1.CC(C)c1ccc2cc(C(C)C)[nH]c2c1. The van der Waals surface area contributed by atoms with Crippen LogP contribution >= 0.6 is 0 Å². The fourth-order valence-corrected chi connectivity index (χ4v) is 3.92. The molecule has 2 nitrogen and oxygen atoms in total. The number of aromatic nitrogens is 1. The molecule has 32 heavy (non-hydrogen) atoms. The van der Waals surface area contributed by atoms with Crippen LogP contribution in [0.2, 0.25) is 0 Å². The molecule has 0 amide bonds. The third-order valence-corrected chi connectivity index (χ3v) is 6.39. The van der Waals surface area contributed by atoms with Crippen molar-refractivity contribution in [3.8, 4) is 0 Å². The van der Waals surface area contributed by atoms with Crippen LogP contribution in [-0.4, -0.2) is 10.7 Å². The van der Waals surface area contributed by atoms with Gasteiger partial charge in [-0.3, -0.25) is 4.99 Å². The molecule has 1 aliphatic rings. The number of rotatable bonds is 2. The van der Waals surface area contributed by atoms with Crippen LogP contribution in [0.15, 0.2) is 47.5 Å². The highest BCUT2D eigenvalue weighted by atomic mass is 14.8. The number of benzene rings is 2. The van der Waals surface area contributed by atoms with Gasteiger partial charge in [0.25, 0.3) is 0 Å². The topological polar surface area (TPSA) is 28.1 Å². The average molecular weight is 431 g/mol. The van der Waals surface area contributed by atoms with E-state index in [0.717, 1.165) is 6.42 Å². The lowest BCUT2D eigenvalue weighted by Gasteiger charge is -2.19. The van der Waals surface area contributed by atoms with Gasteiger partial charge in [-0.15, -0.1) is 0 Å². The molecule has 0 aliphatic carbocycles. The summed E-state index contributed by atoms with van der Waals surface area (Å²) < 4.78 is 0. The van der Waals surface area contributed by atoms with E-state index in [4.69, 9.17) is 4.99 Å². The van der Waals surface area contributed by atoms with Gasteiger partial charge in [-0.2, -0.15) is 0 Å². The third kappa shape index (κ3) is 5.52. The number of aliphatic imine (C=N–C) groups is 1. The maximum absolute atomic E-state index is 4.81. The van der Waals surface area contributed by atoms with Gasteiger partial charge in [-0.1, -0.05) is 93.5 Å². The van der Waals surface area contributed by atoms with E-state index in [1.807, 2.05) is 0 Å². The molecule has 2 heterocycles. The van der Waals surface area contributed by atoms with Gasteiger partial charge in [-0.25, -0.2) is 0 Å². The maximum atomic E-state index is 4.81. The number of H-pyrrole nitrogens is 1. The summed E-state index contributed by atoms with van der Waals surface area (Å²) in [5.41, 5.74) is 9.62. The Hall–Kier alpha value is -2.35. The lowest BCUT2D eigenvalue weighted by molar-refractivity contribution is 0.584. The number of fused-ring (bicyclic) bond motifs is 2. The van der Waals surface area contributed by atoms with E-state index in [9.17, 15) is 0 Å². The smallest absolute Gasteiger partial charge is 0.0668 e. The van der Waals surface area contributed by atoms with Crippen molar-refractivity contribution in [1.29, 1.82) is 0 Å². The molecule has 4 rings (SSSR count). The molecule has 3 aromatic rings. The summed E-state index contributed by atoms with van der Waals surface area (Å²) in [7, 11) is 0. The summed E-state index contributed by atoms with van der Waals surface area (Å²) >= 11 is 0. The quantitative estimate of drug-likeness (QED) is 0.420. The first kappa shape index (κ1) is 24.3. The highest BCUT2D eigenvalue weighted by molar-refractivity contribution is 5.97. The molecule has 2 aromatic carbocycles. The summed E-state index contributed by atoms with van der Waals surface area (Å²) in [5.74, 6) is 1.17. The van der Waals surface area contributed by atoms with Crippen molar-refractivity contribution in [3.63, 3.8) is 0 Å². The Morgan fingerprint density at radius 1 is 0.781 bits per heavy atom. The van der Waals surface area contributed by atoms with Gasteiger partial charge < -0.3 is 4.98 Å². The number of nitrogens with zero attached hydrogens (tertiary/aromatic N) is 1. The second-order valence-electron chi connectivity index (χ2n) is 12.0. The number of hydrogen-bond acceptors (Lipinski definition) is 1. The minimum atomic E-state index is 0.181. The molecular weight excluding hydrogens is 388 g/mol. The molecule has 0 spiro atoms. The number of aromatic amines is 1. The Morgan fingerprint density at radius 2 is 1.47 bits per heavy atom. The lowest BCUT2D eigenvalue weighted by atomic mass is 9.85. The van der Waals surface area contributed by atoms with Gasteiger partial charge >= 0.3 is 0 Å². The molecule has 0 fully saturated rings. The minimum absolute atomic E-state index is 0.181. The van der Waals surface area contributed by atoms with Crippen LogP contribution in [0.5, 0.6) is 0 Å². The third-order valence-electron chi connectivity index (χ3n) is 6.39. The maximum Gasteiger partial charge on any atom is 0.0668 e. The van der Waals surface area contributed by atoms with Gasteiger partial charge in [-0.05, 0) is 57.5 Å². The highest BCUT2D eigenvalue weighted by Crippen LogP contribution is 2.36. The van der Waals surface area contributed by atoms with Crippen LogP contribution < -0.4 is 0 Å². The predicted octanol–water partition coefficient (Wildman–Crippen LogP) is 9.07. The van der Waals surface area contributed by atoms with Crippen molar-refractivity contribution in [2.75, 3.05) is 0 Å². The van der Waals surface area contributed by atoms with Gasteiger partial charge in [0.2, 0.25) is 0 Å². The molecule has 2 heteroatoms. The van der Waals surface area contributed by atoms with E-state index < -0.39 is 0 Å². The molecular formula is C30H42N2. The largest absolute Gasteiger partial charge is 0.358 e. The molecule has 0 bridgehead atoms. The minimum Gasteiger partial charge on any atom is -0.358 e. The highest BCUT2D eigenvalue weighted by Gasteiger charge is 2.26. The second-order valence-corrected chi connectivity index (χ2v) is 12.0. The lowest BCUT2D eigenvalue weighted by Crippen LogP contribution is -2.19. The second kappa shape index (κ2) is 8.89. The molecule has 1 aromatic heterocycles. The predicted molar refractivity (Wildman–Crippen MR) is 142 cm³/mol. The van der Waals surface area contributed by atoms with E-state index in [1.165, 1.54) is 44.7 Å². The van der Waals surface area contributed by atoms with Gasteiger partial charge in [0, 0.05) is 28.8 Å². The molecule has 0 saturated heterocycles. The summed E-state index contributed by atoms with van der Waals surface area (Å²) in [6, 6.07) is 15.7. The van der Waals surface area contributed by atoms with E-state index in [2.05, 4.69) is 117 Å². The average Bonchev–Trinajstić information content (AvgIpc) is 3.30. The van der Waals surface area contributed by atoms with Gasteiger partial charge in [0.15, 0.2) is 0 Å². The molecule has 0 atom stereocenters. The molecule has 0 radical (unpaired) electrons. The Bertz CT molecular complexity index is 1110. The zero-order chi connectivity index (χ0) is 23.8. The first-order valence-corrected chi connectivity index (χ1v) is 12.1. The molecule has 1 aliphatic heterocycles. The van der Waals surface area contributed by atoms with Crippen molar-refractivity contribution in [3.05, 3.63) is 64.8 Å².